The first kappa shape index (κ1) is 12.3. The summed E-state index contributed by atoms with van der Waals surface area (Å²) in [5.74, 6) is 0.696. The first-order valence-corrected chi connectivity index (χ1v) is 6.31. The molecule has 0 radical (unpaired) electrons. The van der Waals surface area contributed by atoms with Crippen LogP contribution < -0.4 is 0 Å². The zero-order chi connectivity index (χ0) is 13.5. The predicted molar refractivity (Wildman–Crippen MR) is 68.9 cm³/mol. The second kappa shape index (κ2) is 4.41. The van der Waals surface area contributed by atoms with Crippen LogP contribution in [0.15, 0.2) is 48.5 Å². The van der Waals surface area contributed by atoms with Gasteiger partial charge in [0.15, 0.2) is 0 Å². The van der Waals surface area contributed by atoms with Crippen molar-refractivity contribution < 1.29 is 13.2 Å². The average Bonchev–Trinajstić information content (AvgIpc) is 3.22. The summed E-state index contributed by atoms with van der Waals surface area (Å²) in [6.07, 6.45) is -1.77. The van der Waals surface area contributed by atoms with E-state index in [1.54, 1.807) is 0 Å². The second-order valence-electron chi connectivity index (χ2n) is 4.97. The van der Waals surface area contributed by atoms with Crippen molar-refractivity contribution in [3.63, 3.8) is 0 Å². The normalized spacial score (nSPS) is 15.5. The molecule has 3 heteroatoms. The van der Waals surface area contributed by atoms with Gasteiger partial charge in [0, 0.05) is 0 Å². The van der Waals surface area contributed by atoms with E-state index in [-0.39, 0.29) is 0 Å². The molecule has 2 aromatic carbocycles. The highest BCUT2D eigenvalue weighted by Crippen LogP contribution is 2.40. The van der Waals surface area contributed by atoms with Crippen molar-refractivity contribution in [2.24, 2.45) is 0 Å². The average molecular weight is 262 g/mol. The molecule has 0 nitrogen and oxygen atoms in total. The fourth-order valence-corrected chi connectivity index (χ4v) is 2.22. The lowest BCUT2D eigenvalue weighted by molar-refractivity contribution is -0.137. The van der Waals surface area contributed by atoms with Gasteiger partial charge in [-0.1, -0.05) is 36.4 Å². The Balaban J connectivity index is 1.85. The minimum absolute atomic E-state index is 0.606. The van der Waals surface area contributed by atoms with Gasteiger partial charge in [0.05, 0.1) is 5.56 Å². The van der Waals surface area contributed by atoms with Crippen LogP contribution in [0.25, 0.3) is 11.1 Å². The molecule has 1 aliphatic carbocycles. The molecule has 1 fully saturated rings. The Morgan fingerprint density at radius 2 is 1.21 bits per heavy atom. The maximum absolute atomic E-state index is 12.5. The van der Waals surface area contributed by atoms with Gasteiger partial charge < -0.3 is 0 Å². The van der Waals surface area contributed by atoms with E-state index in [1.165, 1.54) is 30.5 Å². The van der Waals surface area contributed by atoms with E-state index >= 15 is 0 Å². The van der Waals surface area contributed by atoms with Crippen LogP contribution in [0.1, 0.15) is 29.9 Å². The molecule has 98 valence electrons. The third-order valence-electron chi connectivity index (χ3n) is 3.50. The van der Waals surface area contributed by atoms with E-state index < -0.39 is 11.7 Å². The van der Waals surface area contributed by atoms with Gasteiger partial charge in [-0.25, -0.2) is 0 Å². The van der Waals surface area contributed by atoms with Crippen molar-refractivity contribution in [1.29, 1.82) is 0 Å². The van der Waals surface area contributed by atoms with Crippen molar-refractivity contribution >= 4 is 0 Å². The van der Waals surface area contributed by atoms with Crippen LogP contribution in [0.5, 0.6) is 0 Å². The van der Waals surface area contributed by atoms with Gasteiger partial charge in [-0.3, -0.25) is 0 Å². The van der Waals surface area contributed by atoms with Crippen LogP contribution in [0.2, 0.25) is 0 Å². The topological polar surface area (TPSA) is 0 Å². The lowest BCUT2D eigenvalue weighted by Crippen LogP contribution is -2.03. The highest BCUT2D eigenvalue weighted by atomic mass is 19.4. The van der Waals surface area contributed by atoms with Gasteiger partial charge in [0.25, 0.3) is 0 Å². The van der Waals surface area contributed by atoms with Gasteiger partial charge >= 0.3 is 6.18 Å². The fourth-order valence-electron chi connectivity index (χ4n) is 2.22. The van der Waals surface area contributed by atoms with E-state index in [9.17, 15) is 13.2 Å². The summed E-state index contributed by atoms with van der Waals surface area (Å²) >= 11 is 0. The quantitative estimate of drug-likeness (QED) is 0.693. The zero-order valence-corrected chi connectivity index (χ0v) is 10.2. The van der Waals surface area contributed by atoms with E-state index in [0.717, 1.165) is 23.3 Å². The smallest absolute Gasteiger partial charge is 0.166 e. The Bertz CT molecular complexity index is 560. The Morgan fingerprint density at radius 1 is 0.737 bits per heavy atom. The summed E-state index contributed by atoms with van der Waals surface area (Å²) in [6, 6.07) is 13.4. The summed E-state index contributed by atoms with van der Waals surface area (Å²) in [4.78, 5) is 0. The first-order chi connectivity index (χ1) is 9.04. The molecule has 3 rings (SSSR count). The molecule has 0 N–H and O–H groups in total. The summed E-state index contributed by atoms with van der Waals surface area (Å²) in [5.41, 5.74) is 2.50. The molecule has 2 aromatic rings. The van der Waals surface area contributed by atoms with Crippen molar-refractivity contribution in [3.8, 4) is 11.1 Å². The maximum atomic E-state index is 12.5. The van der Waals surface area contributed by atoms with Crippen LogP contribution in [-0.4, -0.2) is 0 Å². The van der Waals surface area contributed by atoms with Gasteiger partial charge in [-0.2, -0.15) is 13.2 Å². The predicted octanol–water partition coefficient (Wildman–Crippen LogP) is 5.25. The number of benzene rings is 2. The van der Waals surface area contributed by atoms with Gasteiger partial charge in [0.2, 0.25) is 0 Å². The molecule has 0 aliphatic heterocycles. The molecular formula is C16H13F3. The molecular weight excluding hydrogens is 249 g/mol. The zero-order valence-electron chi connectivity index (χ0n) is 10.2. The summed E-state index contributed by atoms with van der Waals surface area (Å²) in [5, 5.41) is 0. The van der Waals surface area contributed by atoms with E-state index in [2.05, 4.69) is 12.1 Å². The third kappa shape index (κ3) is 2.65. The molecule has 1 saturated carbocycles. The highest BCUT2D eigenvalue weighted by molar-refractivity contribution is 5.64. The standard InChI is InChI=1S/C16H13F3/c17-16(18,19)15-9-7-14(8-10-15)13-5-3-12(4-6-13)11-1-2-11/h3-11H,1-2H2. The first-order valence-electron chi connectivity index (χ1n) is 6.31. The Labute approximate surface area is 109 Å². The number of hydrogen-bond donors (Lipinski definition) is 0. The molecule has 0 bridgehead atoms. The molecule has 0 aromatic heterocycles. The largest absolute Gasteiger partial charge is 0.416 e. The van der Waals surface area contributed by atoms with Crippen LogP contribution in [0.4, 0.5) is 13.2 Å². The fraction of sp³-hybridized carbons (Fsp3) is 0.250. The van der Waals surface area contributed by atoms with Crippen molar-refractivity contribution in [3.05, 3.63) is 59.7 Å². The van der Waals surface area contributed by atoms with Crippen LogP contribution >= 0.6 is 0 Å². The molecule has 0 unspecified atom stereocenters. The van der Waals surface area contributed by atoms with Crippen molar-refractivity contribution in [1.82, 2.24) is 0 Å². The third-order valence-corrected chi connectivity index (χ3v) is 3.50. The summed E-state index contributed by atoms with van der Waals surface area (Å²) in [6.45, 7) is 0. The number of halogens is 3. The monoisotopic (exact) mass is 262 g/mol. The maximum Gasteiger partial charge on any atom is 0.416 e. The minimum Gasteiger partial charge on any atom is -0.166 e. The van der Waals surface area contributed by atoms with Gasteiger partial charge in [-0.05, 0) is 47.6 Å². The lowest BCUT2D eigenvalue weighted by atomic mass is 10.0. The summed E-state index contributed by atoms with van der Waals surface area (Å²) in [7, 11) is 0. The van der Waals surface area contributed by atoms with Crippen LogP contribution in [-0.2, 0) is 6.18 Å². The molecule has 0 atom stereocenters. The number of alkyl halides is 3. The van der Waals surface area contributed by atoms with Crippen molar-refractivity contribution in [2.75, 3.05) is 0 Å². The van der Waals surface area contributed by atoms with E-state index in [1.807, 2.05) is 12.1 Å². The Morgan fingerprint density at radius 3 is 1.63 bits per heavy atom. The second-order valence-corrected chi connectivity index (χ2v) is 4.97. The molecule has 0 amide bonds. The van der Waals surface area contributed by atoms with Crippen LogP contribution in [0.3, 0.4) is 0 Å². The molecule has 0 heterocycles. The van der Waals surface area contributed by atoms with Gasteiger partial charge in [0.1, 0.15) is 0 Å². The lowest BCUT2D eigenvalue weighted by Gasteiger charge is -2.08. The number of hydrogen-bond acceptors (Lipinski definition) is 0. The number of rotatable bonds is 2. The summed E-state index contributed by atoms with van der Waals surface area (Å²) < 4.78 is 37.4. The minimum atomic E-state index is -4.27. The van der Waals surface area contributed by atoms with Crippen LogP contribution in [0, 0.1) is 0 Å². The molecule has 0 saturated heterocycles. The Kier molecular flexibility index (Phi) is 2.85. The molecule has 19 heavy (non-hydrogen) atoms. The SMILES string of the molecule is FC(F)(F)c1ccc(-c2ccc(C3CC3)cc2)cc1. The highest BCUT2D eigenvalue weighted by Gasteiger charge is 2.30. The molecule has 1 aliphatic rings. The van der Waals surface area contributed by atoms with Gasteiger partial charge in [-0.15, -0.1) is 0 Å². The van der Waals surface area contributed by atoms with Crippen molar-refractivity contribution in [2.45, 2.75) is 24.9 Å². The van der Waals surface area contributed by atoms with E-state index in [4.69, 9.17) is 0 Å². The Hall–Kier alpha value is -1.77. The van der Waals surface area contributed by atoms with E-state index in [0.29, 0.717) is 5.92 Å². The molecule has 0 spiro atoms.